The number of guanidine groups is 1. The van der Waals surface area contributed by atoms with Crippen LogP contribution in [-0.2, 0) is 4.74 Å². The van der Waals surface area contributed by atoms with Crippen molar-refractivity contribution < 1.29 is 14.2 Å². The van der Waals surface area contributed by atoms with Crippen LogP contribution >= 0.6 is 0 Å². The number of nitrogens with zero attached hydrogens (tertiary/aromatic N) is 2. The third kappa shape index (κ3) is 5.24. The molecule has 2 heterocycles. The lowest BCUT2D eigenvalue weighted by atomic mass is 10.1. The highest BCUT2D eigenvalue weighted by Gasteiger charge is 2.26. The molecule has 25 heavy (non-hydrogen) atoms. The summed E-state index contributed by atoms with van der Waals surface area (Å²) in [5.74, 6) is 1.92. The summed E-state index contributed by atoms with van der Waals surface area (Å²) in [5, 5.41) is 3.12. The number of fused-ring (bicyclic) bond motifs is 1. The van der Waals surface area contributed by atoms with Gasteiger partial charge in [0.1, 0.15) is 0 Å². The largest absolute Gasteiger partial charge is 0.490 e. The van der Waals surface area contributed by atoms with E-state index >= 15 is 0 Å². The van der Waals surface area contributed by atoms with Crippen molar-refractivity contribution in [2.24, 2.45) is 10.7 Å². The highest BCUT2D eigenvalue weighted by Crippen LogP contribution is 2.32. The van der Waals surface area contributed by atoms with Crippen molar-refractivity contribution in [1.82, 2.24) is 4.90 Å². The number of rotatable bonds is 4. The maximum atomic E-state index is 6.01. The van der Waals surface area contributed by atoms with Gasteiger partial charge in [0.2, 0.25) is 0 Å². The summed E-state index contributed by atoms with van der Waals surface area (Å²) < 4.78 is 17.0. The molecule has 1 saturated heterocycles. The second-order valence-electron chi connectivity index (χ2n) is 6.99. The average molecular weight is 348 g/mol. The molecule has 0 unspecified atom stereocenters. The van der Waals surface area contributed by atoms with E-state index in [0.29, 0.717) is 25.7 Å². The third-order valence-electron chi connectivity index (χ3n) is 4.22. The number of hydrogen-bond donors (Lipinski definition) is 2. The molecule has 1 fully saturated rings. The Morgan fingerprint density at radius 2 is 2.04 bits per heavy atom. The fraction of sp³-hybridized carbons (Fsp3) is 0.611. The van der Waals surface area contributed by atoms with E-state index in [0.717, 1.165) is 49.8 Å². The van der Waals surface area contributed by atoms with Crippen molar-refractivity contribution >= 4 is 11.6 Å². The number of nitrogens with one attached hydrogen (secondary N) is 1. The van der Waals surface area contributed by atoms with E-state index in [-0.39, 0.29) is 5.60 Å². The predicted molar refractivity (Wildman–Crippen MR) is 98.6 cm³/mol. The van der Waals surface area contributed by atoms with Gasteiger partial charge in [-0.25, -0.2) is 0 Å². The molecule has 3 rings (SSSR count). The van der Waals surface area contributed by atoms with Crippen LogP contribution in [0.2, 0.25) is 0 Å². The summed E-state index contributed by atoms with van der Waals surface area (Å²) in [7, 11) is 0. The maximum absolute atomic E-state index is 6.01. The molecule has 138 valence electrons. The fourth-order valence-corrected chi connectivity index (χ4v) is 3.05. The molecule has 0 aliphatic carbocycles. The number of aliphatic imine (C=N–C) groups is 1. The van der Waals surface area contributed by atoms with E-state index in [1.165, 1.54) is 0 Å². The Kier molecular flexibility index (Phi) is 5.65. The first-order valence-electron chi connectivity index (χ1n) is 8.85. The molecule has 1 aromatic rings. The fourth-order valence-electron chi connectivity index (χ4n) is 3.05. The van der Waals surface area contributed by atoms with E-state index in [1.807, 2.05) is 18.2 Å². The van der Waals surface area contributed by atoms with E-state index in [9.17, 15) is 0 Å². The lowest BCUT2D eigenvalue weighted by molar-refractivity contribution is -0.0850. The van der Waals surface area contributed by atoms with Gasteiger partial charge in [-0.1, -0.05) is 0 Å². The van der Waals surface area contributed by atoms with Crippen LogP contribution in [0, 0.1) is 0 Å². The second-order valence-corrected chi connectivity index (χ2v) is 6.99. The van der Waals surface area contributed by atoms with Crippen LogP contribution in [0.5, 0.6) is 11.5 Å². The molecule has 0 saturated carbocycles. The molecule has 0 spiro atoms. The maximum Gasteiger partial charge on any atom is 0.193 e. The van der Waals surface area contributed by atoms with Gasteiger partial charge in [-0.05, 0) is 26.0 Å². The van der Waals surface area contributed by atoms with Crippen LogP contribution in [0.25, 0.3) is 0 Å². The van der Waals surface area contributed by atoms with E-state index < -0.39 is 0 Å². The predicted octanol–water partition coefficient (Wildman–Crippen LogP) is 1.69. The van der Waals surface area contributed by atoms with Gasteiger partial charge < -0.3 is 25.3 Å². The highest BCUT2D eigenvalue weighted by molar-refractivity contribution is 5.92. The average Bonchev–Trinajstić information content (AvgIpc) is 2.79. The van der Waals surface area contributed by atoms with Crippen molar-refractivity contribution in [2.45, 2.75) is 25.9 Å². The minimum Gasteiger partial charge on any atom is -0.490 e. The number of ether oxygens (including phenoxy) is 3. The SMILES string of the molecule is CC1(C)CN(CCN=C(N)Nc2ccc3c(c2)OCCCO3)CCO1. The molecule has 7 nitrogen and oxygen atoms in total. The van der Waals surface area contributed by atoms with E-state index in [4.69, 9.17) is 19.9 Å². The van der Waals surface area contributed by atoms with Gasteiger partial charge in [-0.3, -0.25) is 9.89 Å². The van der Waals surface area contributed by atoms with Gasteiger partial charge in [0, 0.05) is 37.8 Å². The lowest BCUT2D eigenvalue weighted by Crippen LogP contribution is -2.49. The molecule has 0 atom stereocenters. The smallest absolute Gasteiger partial charge is 0.193 e. The Labute approximate surface area is 149 Å². The van der Waals surface area contributed by atoms with Gasteiger partial charge >= 0.3 is 0 Å². The first-order chi connectivity index (χ1) is 12.0. The molecule has 0 radical (unpaired) electrons. The molecule has 2 aliphatic rings. The molecule has 0 aromatic heterocycles. The number of anilines is 1. The highest BCUT2D eigenvalue weighted by atomic mass is 16.5. The van der Waals surface area contributed by atoms with Crippen LogP contribution in [0.1, 0.15) is 20.3 Å². The van der Waals surface area contributed by atoms with Crippen LogP contribution in [0.15, 0.2) is 23.2 Å². The van der Waals surface area contributed by atoms with Crippen molar-refractivity contribution in [2.75, 3.05) is 51.3 Å². The Morgan fingerprint density at radius 1 is 1.24 bits per heavy atom. The summed E-state index contributed by atoms with van der Waals surface area (Å²) in [5.41, 5.74) is 6.76. The van der Waals surface area contributed by atoms with E-state index in [2.05, 4.69) is 29.1 Å². The zero-order valence-corrected chi connectivity index (χ0v) is 15.1. The number of benzene rings is 1. The first-order valence-corrected chi connectivity index (χ1v) is 8.85. The third-order valence-corrected chi connectivity index (χ3v) is 4.22. The van der Waals surface area contributed by atoms with Gasteiger partial charge in [0.25, 0.3) is 0 Å². The minimum atomic E-state index is -0.0876. The van der Waals surface area contributed by atoms with Crippen LogP contribution in [0.3, 0.4) is 0 Å². The number of hydrogen-bond acceptors (Lipinski definition) is 5. The van der Waals surface area contributed by atoms with Gasteiger partial charge in [-0.2, -0.15) is 0 Å². The molecule has 7 heteroatoms. The van der Waals surface area contributed by atoms with Crippen LogP contribution < -0.4 is 20.5 Å². The Balaban J connectivity index is 1.51. The quantitative estimate of drug-likeness (QED) is 0.636. The van der Waals surface area contributed by atoms with Crippen LogP contribution in [0.4, 0.5) is 5.69 Å². The minimum absolute atomic E-state index is 0.0876. The van der Waals surface area contributed by atoms with Gasteiger partial charge in [0.05, 0.1) is 32.0 Å². The second kappa shape index (κ2) is 7.93. The molecule has 1 aromatic carbocycles. The lowest BCUT2D eigenvalue weighted by Gasteiger charge is -2.37. The summed E-state index contributed by atoms with van der Waals surface area (Å²) in [6.45, 7) is 9.71. The Hall–Kier alpha value is -1.99. The van der Waals surface area contributed by atoms with Crippen LogP contribution in [-0.4, -0.2) is 62.5 Å². The molecular formula is C18H28N4O3. The molecule has 0 bridgehead atoms. The number of nitrogens with two attached hydrogens (primary N) is 1. The molecular weight excluding hydrogens is 320 g/mol. The summed E-state index contributed by atoms with van der Waals surface area (Å²) in [4.78, 5) is 6.78. The van der Waals surface area contributed by atoms with Crippen molar-refractivity contribution in [1.29, 1.82) is 0 Å². The standard InChI is InChI=1S/C18H28N4O3/c1-18(2)13-22(8-11-25-18)7-6-20-17(19)21-14-4-5-15-16(12-14)24-10-3-9-23-15/h4-5,12H,3,6-11,13H2,1-2H3,(H3,19,20,21). The number of morpholine rings is 1. The zero-order chi connectivity index (χ0) is 17.7. The first kappa shape index (κ1) is 17.8. The molecule has 2 aliphatic heterocycles. The van der Waals surface area contributed by atoms with Crippen molar-refractivity contribution in [3.8, 4) is 11.5 Å². The summed E-state index contributed by atoms with van der Waals surface area (Å²) >= 11 is 0. The van der Waals surface area contributed by atoms with Crippen molar-refractivity contribution in [3.05, 3.63) is 18.2 Å². The molecule has 3 N–H and O–H groups in total. The monoisotopic (exact) mass is 348 g/mol. The zero-order valence-electron chi connectivity index (χ0n) is 15.1. The summed E-state index contributed by atoms with van der Waals surface area (Å²) in [6, 6.07) is 5.71. The van der Waals surface area contributed by atoms with Crippen molar-refractivity contribution in [3.63, 3.8) is 0 Å². The van der Waals surface area contributed by atoms with Gasteiger partial charge in [0.15, 0.2) is 17.5 Å². The Bertz CT molecular complexity index is 618. The normalized spacial score (nSPS) is 20.8. The summed E-state index contributed by atoms with van der Waals surface area (Å²) in [6.07, 6.45) is 0.888. The molecule has 0 amide bonds. The van der Waals surface area contributed by atoms with Gasteiger partial charge in [-0.15, -0.1) is 0 Å². The van der Waals surface area contributed by atoms with E-state index in [1.54, 1.807) is 0 Å². The topological polar surface area (TPSA) is 81.3 Å². The Morgan fingerprint density at radius 3 is 2.84 bits per heavy atom.